The molecule has 1 aliphatic heterocycles. The first-order chi connectivity index (χ1) is 14.0. The molecule has 0 N–H and O–H groups in total. The average molecular weight is 404 g/mol. The highest BCUT2D eigenvalue weighted by molar-refractivity contribution is 7.89. The highest BCUT2D eigenvalue weighted by Crippen LogP contribution is 2.34. The Balaban J connectivity index is 1.70. The molecule has 4 heteroatoms. The summed E-state index contributed by atoms with van der Waals surface area (Å²) >= 11 is 0. The maximum atomic E-state index is 13.6. The van der Waals surface area contributed by atoms with Crippen molar-refractivity contribution >= 4 is 10.0 Å². The molecule has 2 atom stereocenters. The fraction of sp³-hybridized carbons (Fsp3) is 0.200. The van der Waals surface area contributed by atoms with Gasteiger partial charge in [0, 0.05) is 6.54 Å². The summed E-state index contributed by atoms with van der Waals surface area (Å²) in [5, 5.41) is 0. The van der Waals surface area contributed by atoms with E-state index in [9.17, 15) is 8.42 Å². The fourth-order valence-corrected chi connectivity index (χ4v) is 5.46. The van der Waals surface area contributed by atoms with Crippen molar-refractivity contribution in [2.24, 2.45) is 5.92 Å². The van der Waals surface area contributed by atoms with Crippen molar-refractivity contribution in [1.29, 1.82) is 0 Å². The Bertz CT molecular complexity index is 1070. The van der Waals surface area contributed by atoms with Gasteiger partial charge in [0.05, 0.1) is 10.9 Å². The van der Waals surface area contributed by atoms with Gasteiger partial charge < -0.3 is 0 Å². The predicted octanol–water partition coefficient (Wildman–Crippen LogP) is 5.16. The SMILES string of the molecule is Cc1ccc(S(=O)(=O)N2CC(Cc3ccccc3)C=CC2c2ccccc2)cc1. The molecular formula is C25H25NO2S. The van der Waals surface area contributed by atoms with Crippen molar-refractivity contribution in [3.05, 3.63) is 114 Å². The Hall–Kier alpha value is -2.69. The second kappa shape index (κ2) is 8.36. The Morgan fingerprint density at radius 3 is 2.10 bits per heavy atom. The summed E-state index contributed by atoms with van der Waals surface area (Å²) in [6, 6.07) is 26.9. The molecule has 0 amide bonds. The van der Waals surface area contributed by atoms with Crippen LogP contribution in [0.15, 0.2) is 102 Å². The van der Waals surface area contributed by atoms with Crippen molar-refractivity contribution in [3.8, 4) is 0 Å². The molecule has 0 aromatic heterocycles. The zero-order chi connectivity index (χ0) is 20.3. The van der Waals surface area contributed by atoms with Crippen LogP contribution in [-0.4, -0.2) is 19.3 Å². The first kappa shape index (κ1) is 19.6. The van der Waals surface area contributed by atoms with Gasteiger partial charge in [-0.15, -0.1) is 0 Å². The molecule has 148 valence electrons. The molecule has 3 aromatic rings. The van der Waals surface area contributed by atoms with E-state index < -0.39 is 10.0 Å². The molecule has 0 fully saturated rings. The molecule has 3 aromatic carbocycles. The Labute approximate surface area is 173 Å². The Morgan fingerprint density at radius 2 is 1.45 bits per heavy atom. The van der Waals surface area contributed by atoms with Crippen LogP contribution in [0.3, 0.4) is 0 Å². The molecule has 1 heterocycles. The maximum absolute atomic E-state index is 13.6. The number of aryl methyl sites for hydroxylation is 1. The number of sulfonamides is 1. The third-order valence-electron chi connectivity index (χ3n) is 5.40. The molecule has 0 radical (unpaired) electrons. The zero-order valence-corrected chi connectivity index (χ0v) is 17.3. The van der Waals surface area contributed by atoms with Crippen molar-refractivity contribution in [1.82, 2.24) is 4.31 Å². The predicted molar refractivity (Wildman–Crippen MR) is 117 cm³/mol. The van der Waals surface area contributed by atoms with Gasteiger partial charge in [-0.1, -0.05) is 90.5 Å². The van der Waals surface area contributed by atoms with Crippen LogP contribution >= 0.6 is 0 Å². The van der Waals surface area contributed by atoms with Gasteiger partial charge in [-0.05, 0) is 42.5 Å². The number of hydrogen-bond acceptors (Lipinski definition) is 2. The van der Waals surface area contributed by atoms with E-state index in [-0.39, 0.29) is 12.0 Å². The van der Waals surface area contributed by atoms with Crippen LogP contribution < -0.4 is 0 Å². The maximum Gasteiger partial charge on any atom is 0.243 e. The summed E-state index contributed by atoms with van der Waals surface area (Å²) < 4.78 is 28.8. The summed E-state index contributed by atoms with van der Waals surface area (Å²) in [6.45, 7) is 2.42. The Kier molecular flexibility index (Phi) is 5.65. The lowest BCUT2D eigenvalue weighted by Crippen LogP contribution is -2.40. The molecule has 2 unspecified atom stereocenters. The van der Waals surface area contributed by atoms with Gasteiger partial charge in [-0.3, -0.25) is 0 Å². The minimum absolute atomic E-state index is 0.137. The van der Waals surface area contributed by atoms with E-state index in [1.54, 1.807) is 16.4 Å². The van der Waals surface area contributed by atoms with Gasteiger partial charge >= 0.3 is 0 Å². The summed E-state index contributed by atoms with van der Waals surface area (Å²) in [5.74, 6) is 0.137. The smallest absolute Gasteiger partial charge is 0.207 e. The van der Waals surface area contributed by atoms with Gasteiger partial charge in [0.25, 0.3) is 0 Å². The molecule has 0 spiro atoms. The van der Waals surface area contributed by atoms with Crippen molar-refractivity contribution < 1.29 is 8.42 Å². The first-order valence-corrected chi connectivity index (χ1v) is 11.3. The molecule has 4 rings (SSSR count). The van der Waals surface area contributed by atoms with Crippen LogP contribution in [0.4, 0.5) is 0 Å². The van der Waals surface area contributed by atoms with Gasteiger partial charge in [0.1, 0.15) is 0 Å². The highest BCUT2D eigenvalue weighted by atomic mass is 32.2. The molecule has 0 aliphatic carbocycles. The second-order valence-electron chi connectivity index (χ2n) is 7.58. The largest absolute Gasteiger partial charge is 0.243 e. The van der Waals surface area contributed by atoms with Crippen molar-refractivity contribution in [2.45, 2.75) is 24.3 Å². The quantitative estimate of drug-likeness (QED) is 0.552. The van der Waals surface area contributed by atoms with E-state index in [0.717, 1.165) is 17.5 Å². The standard InChI is InChI=1S/C25H25NO2S/c1-20-12-15-24(16-13-20)29(27,28)26-19-22(18-21-8-4-2-5-9-21)14-17-25(26)23-10-6-3-7-11-23/h2-17,22,25H,18-19H2,1H3. The van der Waals surface area contributed by atoms with Crippen LogP contribution in [-0.2, 0) is 16.4 Å². The molecule has 0 saturated heterocycles. The zero-order valence-electron chi connectivity index (χ0n) is 16.5. The van der Waals surface area contributed by atoms with E-state index in [2.05, 4.69) is 18.2 Å². The fourth-order valence-electron chi connectivity index (χ4n) is 3.83. The van der Waals surface area contributed by atoms with E-state index in [4.69, 9.17) is 0 Å². The molecular weight excluding hydrogens is 378 g/mol. The van der Waals surface area contributed by atoms with Gasteiger partial charge in [0.15, 0.2) is 0 Å². The molecule has 1 aliphatic rings. The summed E-state index contributed by atoms with van der Waals surface area (Å²) in [4.78, 5) is 0.345. The molecule has 0 bridgehead atoms. The highest BCUT2D eigenvalue weighted by Gasteiger charge is 2.35. The van der Waals surface area contributed by atoms with Crippen LogP contribution in [0.5, 0.6) is 0 Å². The lowest BCUT2D eigenvalue weighted by molar-refractivity contribution is 0.314. The van der Waals surface area contributed by atoms with Gasteiger partial charge in [0.2, 0.25) is 10.0 Å². The lowest BCUT2D eigenvalue weighted by Gasteiger charge is -2.35. The van der Waals surface area contributed by atoms with E-state index >= 15 is 0 Å². The third-order valence-corrected chi connectivity index (χ3v) is 7.26. The Morgan fingerprint density at radius 1 is 0.828 bits per heavy atom. The van der Waals surface area contributed by atoms with E-state index in [1.165, 1.54) is 5.56 Å². The minimum Gasteiger partial charge on any atom is -0.207 e. The van der Waals surface area contributed by atoms with Crippen molar-refractivity contribution in [2.75, 3.05) is 6.54 Å². The average Bonchev–Trinajstić information content (AvgIpc) is 2.75. The molecule has 29 heavy (non-hydrogen) atoms. The molecule has 3 nitrogen and oxygen atoms in total. The summed E-state index contributed by atoms with van der Waals surface area (Å²) in [6.07, 6.45) is 5.03. The van der Waals surface area contributed by atoms with Crippen LogP contribution in [0.1, 0.15) is 22.7 Å². The van der Waals surface area contributed by atoms with Crippen LogP contribution in [0.25, 0.3) is 0 Å². The summed E-state index contributed by atoms with van der Waals surface area (Å²) in [5.41, 5.74) is 3.25. The monoisotopic (exact) mass is 403 g/mol. The number of nitrogens with zero attached hydrogens (tertiary/aromatic N) is 1. The summed E-state index contributed by atoms with van der Waals surface area (Å²) in [7, 11) is -3.62. The number of rotatable bonds is 5. The third kappa shape index (κ3) is 4.34. The topological polar surface area (TPSA) is 37.4 Å². The van der Waals surface area contributed by atoms with Crippen LogP contribution in [0.2, 0.25) is 0 Å². The first-order valence-electron chi connectivity index (χ1n) is 9.90. The van der Waals surface area contributed by atoms with E-state index in [0.29, 0.717) is 11.4 Å². The van der Waals surface area contributed by atoms with Gasteiger partial charge in [-0.2, -0.15) is 4.31 Å². The second-order valence-corrected chi connectivity index (χ2v) is 9.47. The number of hydrogen-bond donors (Lipinski definition) is 0. The van der Waals surface area contributed by atoms with Gasteiger partial charge in [-0.25, -0.2) is 8.42 Å². The lowest BCUT2D eigenvalue weighted by atomic mass is 9.93. The van der Waals surface area contributed by atoms with Crippen LogP contribution in [0, 0.1) is 12.8 Å². The van der Waals surface area contributed by atoms with E-state index in [1.807, 2.05) is 73.7 Å². The normalized spacial score (nSPS) is 19.9. The van der Waals surface area contributed by atoms with Crippen molar-refractivity contribution in [3.63, 3.8) is 0 Å². The molecule has 0 saturated carbocycles. The minimum atomic E-state index is -3.62. The number of benzene rings is 3.